The summed E-state index contributed by atoms with van der Waals surface area (Å²) >= 11 is 6.88. The summed E-state index contributed by atoms with van der Waals surface area (Å²) in [6, 6.07) is 21.1. The molecule has 1 saturated heterocycles. The lowest BCUT2D eigenvalue weighted by Crippen LogP contribution is -2.27. The molecule has 7 nitrogen and oxygen atoms in total. The molecule has 0 bridgehead atoms. The van der Waals surface area contributed by atoms with Crippen LogP contribution in [0.15, 0.2) is 77.7 Å². The normalized spacial score (nSPS) is 14.3. The molecule has 0 atom stereocenters. The molecule has 3 aromatic carbocycles. The first kappa shape index (κ1) is 24.4. The van der Waals surface area contributed by atoms with Gasteiger partial charge in [0.25, 0.3) is 17.1 Å². The van der Waals surface area contributed by atoms with Gasteiger partial charge in [0.15, 0.2) is 18.1 Å². The molecule has 0 aromatic heterocycles. The van der Waals surface area contributed by atoms with E-state index in [4.69, 9.17) is 21.1 Å². The number of para-hydroxylation sites is 1. The Morgan fingerprint density at radius 2 is 1.83 bits per heavy atom. The van der Waals surface area contributed by atoms with Crippen molar-refractivity contribution in [3.8, 4) is 11.5 Å². The molecule has 3 amide bonds. The topological polar surface area (TPSA) is 84.9 Å². The summed E-state index contributed by atoms with van der Waals surface area (Å²) < 4.78 is 11.0. The molecule has 9 heteroatoms. The maximum absolute atomic E-state index is 12.8. The lowest BCUT2D eigenvalue weighted by molar-refractivity contribution is -0.123. The van der Waals surface area contributed by atoms with E-state index in [2.05, 4.69) is 5.32 Å². The van der Waals surface area contributed by atoms with Gasteiger partial charge >= 0.3 is 0 Å². The summed E-state index contributed by atoms with van der Waals surface area (Å²) in [5, 5.41) is 2.93. The standard InChI is InChI=1S/C26H21ClN2O5S/c1-33-22-13-17(10-11-21(22)34-16-24(30)28-20-8-3-2-4-9-20)14-23-25(31)29(26(32)35-23)15-18-6-5-7-19(27)12-18/h2-14H,15-16H2,1H3,(H,28,30)/b23-14-. The molecule has 0 aliphatic carbocycles. The predicted octanol–water partition coefficient (Wildman–Crippen LogP) is 5.60. The number of ether oxygens (including phenoxy) is 2. The van der Waals surface area contributed by atoms with Crippen LogP contribution in [0, 0.1) is 0 Å². The van der Waals surface area contributed by atoms with Crippen LogP contribution in [-0.2, 0) is 16.1 Å². The Kier molecular flexibility index (Phi) is 7.74. The maximum atomic E-state index is 12.8. The highest BCUT2D eigenvalue weighted by Gasteiger charge is 2.35. The van der Waals surface area contributed by atoms with Crippen molar-refractivity contribution in [2.24, 2.45) is 0 Å². The Balaban J connectivity index is 1.42. The number of rotatable bonds is 8. The Morgan fingerprint density at radius 1 is 1.03 bits per heavy atom. The number of benzene rings is 3. The lowest BCUT2D eigenvalue weighted by atomic mass is 10.1. The largest absolute Gasteiger partial charge is 0.493 e. The first-order valence-corrected chi connectivity index (χ1v) is 11.8. The molecule has 1 aliphatic heterocycles. The van der Waals surface area contributed by atoms with Gasteiger partial charge in [-0.1, -0.05) is 48.0 Å². The van der Waals surface area contributed by atoms with E-state index in [0.717, 1.165) is 17.3 Å². The highest BCUT2D eigenvalue weighted by atomic mass is 35.5. The van der Waals surface area contributed by atoms with Gasteiger partial charge in [0.1, 0.15) is 0 Å². The number of halogens is 1. The van der Waals surface area contributed by atoms with Gasteiger partial charge in [-0.3, -0.25) is 19.3 Å². The second-order valence-electron chi connectivity index (χ2n) is 7.51. The summed E-state index contributed by atoms with van der Waals surface area (Å²) in [4.78, 5) is 38.9. The molecule has 4 rings (SSSR count). The van der Waals surface area contributed by atoms with Gasteiger partial charge in [-0.25, -0.2) is 0 Å². The molecule has 1 aliphatic rings. The van der Waals surface area contributed by atoms with Crippen LogP contribution < -0.4 is 14.8 Å². The fourth-order valence-electron chi connectivity index (χ4n) is 3.36. The van der Waals surface area contributed by atoms with Crippen LogP contribution in [0.5, 0.6) is 11.5 Å². The third-order valence-corrected chi connectivity index (χ3v) is 6.15. The smallest absolute Gasteiger partial charge is 0.293 e. The SMILES string of the molecule is COc1cc(/C=C2\SC(=O)N(Cc3cccc(Cl)c3)C2=O)ccc1OCC(=O)Nc1ccccc1. The molecule has 178 valence electrons. The van der Waals surface area contributed by atoms with E-state index in [-0.39, 0.29) is 30.2 Å². The molecular formula is C26H21ClN2O5S. The lowest BCUT2D eigenvalue weighted by Gasteiger charge is -2.13. The third-order valence-electron chi connectivity index (χ3n) is 5.01. The number of carbonyl (C=O) groups excluding carboxylic acids is 3. The van der Waals surface area contributed by atoms with Crippen molar-refractivity contribution in [2.45, 2.75) is 6.54 Å². The van der Waals surface area contributed by atoms with Crippen molar-refractivity contribution in [3.63, 3.8) is 0 Å². The van der Waals surface area contributed by atoms with Gasteiger partial charge in [-0.05, 0) is 65.4 Å². The molecule has 0 spiro atoms. The minimum Gasteiger partial charge on any atom is -0.493 e. The highest BCUT2D eigenvalue weighted by Crippen LogP contribution is 2.35. The molecular weight excluding hydrogens is 488 g/mol. The molecule has 0 radical (unpaired) electrons. The van der Waals surface area contributed by atoms with Gasteiger partial charge in [0.2, 0.25) is 0 Å². The van der Waals surface area contributed by atoms with Crippen LogP contribution in [0.1, 0.15) is 11.1 Å². The zero-order valence-corrected chi connectivity index (χ0v) is 20.3. The van der Waals surface area contributed by atoms with Crippen molar-refractivity contribution in [1.82, 2.24) is 4.90 Å². The minimum atomic E-state index is -0.378. The number of nitrogens with one attached hydrogen (secondary N) is 1. The summed E-state index contributed by atoms with van der Waals surface area (Å²) in [5.41, 5.74) is 2.09. The second-order valence-corrected chi connectivity index (χ2v) is 8.94. The van der Waals surface area contributed by atoms with Crippen molar-refractivity contribution >= 4 is 52.2 Å². The van der Waals surface area contributed by atoms with E-state index >= 15 is 0 Å². The average Bonchev–Trinajstić information content (AvgIpc) is 3.11. The van der Waals surface area contributed by atoms with E-state index in [1.165, 1.54) is 12.0 Å². The van der Waals surface area contributed by atoms with E-state index in [1.54, 1.807) is 54.6 Å². The quantitative estimate of drug-likeness (QED) is 0.398. The fourth-order valence-corrected chi connectivity index (χ4v) is 4.41. The first-order chi connectivity index (χ1) is 16.9. The van der Waals surface area contributed by atoms with Crippen molar-refractivity contribution in [2.75, 3.05) is 19.0 Å². The monoisotopic (exact) mass is 508 g/mol. The number of hydrogen-bond acceptors (Lipinski definition) is 6. The number of thioether (sulfide) groups is 1. The number of imide groups is 1. The minimum absolute atomic E-state index is 0.143. The highest BCUT2D eigenvalue weighted by molar-refractivity contribution is 8.18. The van der Waals surface area contributed by atoms with Crippen molar-refractivity contribution in [3.05, 3.63) is 93.9 Å². The van der Waals surface area contributed by atoms with E-state index < -0.39 is 0 Å². The van der Waals surface area contributed by atoms with E-state index in [1.807, 2.05) is 24.3 Å². The Hall–Kier alpha value is -3.75. The van der Waals surface area contributed by atoms with Gasteiger partial charge in [0, 0.05) is 10.7 Å². The Morgan fingerprint density at radius 3 is 2.57 bits per heavy atom. The number of nitrogens with zero attached hydrogens (tertiary/aromatic N) is 1. The van der Waals surface area contributed by atoms with Crippen LogP contribution >= 0.6 is 23.4 Å². The molecule has 0 saturated carbocycles. The average molecular weight is 509 g/mol. The van der Waals surface area contributed by atoms with Crippen LogP contribution in [0.3, 0.4) is 0 Å². The van der Waals surface area contributed by atoms with Crippen LogP contribution in [0.25, 0.3) is 6.08 Å². The summed E-state index contributed by atoms with van der Waals surface area (Å²) in [7, 11) is 1.48. The van der Waals surface area contributed by atoms with Crippen LogP contribution in [0.2, 0.25) is 5.02 Å². The zero-order chi connectivity index (χ0) is 24.8. The molecule has 1 fully saturated rings. The van der Waals surface area contributed by atoms with Crippen LogP contribution in [0.4, 0.5) is 10.5 Å². The number of methoxy groups -OCH3 is 1. The summed E-state index contributed by atoms with van der Waals surface area (Å²) in [5.74, 6) is 0.0823. The molecule has 1 N–H and O–H groups in total. The molecule has 3 aromatic rings. The van der Waals surface area contributed by atoms with Crippen LogP contribution in [-0.4, -0.2) is 35.7 Å². The summed E-state index contributed by atoms with van der Waals surface area (Å²) in [6.07, 6.45) is 1.62. The zero-order valence-electron chi connectivity index (χ0n) is 18.7. The van der Waals surface area contributed by atoms with Crippen molar-refractivity contribution < 1.29 is 23.9 Å². The Bertz CT molecular complexity index is 1300. The molecule has 0 unspecified atom stereocenters. The van der Waals surface area contributed by atoms with E-state index in [9.17, 15) is 14.4 Å². The van der Waals surface area contributed by atoms with Gasteiger partial charge in [0.05, 0.1) is 18.6 Å². The summed E-state index contributed by atoms with van der Waals surface area (Å²) in [6.45, 7) is -0.0588. The number of carbonyl (C=O) groups is 3. The van der Waals surface area contributed by atoms with Gasteiger partial charge in [-0.2, -0.15) is 0 Å². The molecule has 35 heavy (non-hydrogen) atoms. The maximum Gasteiger partial charge on any atom is 0.293 e. The Labute approximate surface area is 211 Å². The first-order valence-electron chi connectivity index (χ1n) is 10.6. The van der Waals surface area contributed by atoms with Gasteiger partial charge in [-0.15, -0.1) is 0 Å². The third kappa shape index (κ3) is 6.23. The number of hydrogen-bond donors (Lipinski definition) is 1. The van der Waals surface area contributed by atoms with Crippen molar-refractivity contribution in [1.29, 1.82) is 0 Å². The number of amides is 3. The second kappa shape index (κ2) is 11.1. The molecule has 1 heterocycles. The van der Waals surface area contributed by atoms with Gasteiger partial charge < -0.3 is 14.8 Å². The number of anilines is 1. The predicted molar refractivity (Wildman–Crippen MR) is 137 cm³/mol. The van der Waals surface area contributed by atoms with E-state index in [0.29, 0.717) is 32.7 Å². The fraction of sp³-hybridized carbons (Fsp3) is 0.115.